The fourth-order valence-corrected chi connectivity index (χ4v) is 0.157. The van der Waals surface area contributed by atoms with E-state index in [-0.39, 0.29) is 17.0 Å². The second-order valence-electron chi connectivity index (χ2n) is 0.856. The Morgan fingerprint density at radius 3 is 1.29 bits per heavy atom. The monoisotopic (exact) mass is 160 g/mol. The van der Waals surface area contributed by atoms with E-state index in [1.165, 1.54) is 0 Å². The van der Waals surface area contributed by atoms with Crippen molar-refractivity contribution < 1.29 is 0 Å². The summed E-state index contributed by atoms with van der Waals surface area (Å²) >= 11 is 0. The van der Waals surface area contributed by atoms with Crippen LogP contribution >= 0.6 is 17.0 Å². The molecule has 0 aliphatic heterocycles. The van der Waals surface area contributed by atoms with Crippen LogP contribution in [0.3, 0.4) is 0 Å². The Balaban J connectivity index is 0. The lowest BCUT2D eigenvalue weighted by Crippen LogP contribution is -1.38. The predicted octanol–water partition coefficient (Wildman–Crippen LogP) is 2.49. The van der Waals surface area contributed by atoms with Gasteiger partial charge in [0.2, 0.25) is 0 Å². The van der Waals surface area contributed by atoms with Gasteiger partial charge in [-0.2, -0.15) is 0 Å². The smallest absolute Gasteiger partial charge is 0.0629 e. The summed E-state index contributed by atoms with van der Waals surface area (Å²) in [5.74, 6) is 0. The van der Waals surface area contributed by atoms with Crippen molar-refractivity contribution in [2.75, 3.05) is 0 Å². The van der Waals surface area contributed by atoms with Gasteiger partial charge in [0.15, 0.2) is 0 Å². The molecule has 0 fully saturated rings. The minimum atomic E-state index is 0. The highest BCUT2D eigenvalue weighted by molar-refractivity contribution is 8.93. The summed E-state index contributed by atoms with van der Waals surface area (Å²) in [6, 6.07) is 0. The first-order valence-electron chi connectivity index (χ1n) is 1.82. The van der Waals surface area contributed by atoms with Gasteiger partial charge in [-0.05, 0) is 0 Å². The summed E-state index contributed by atoms with van der Waals surface area (Å²) in [5, 5.41) is 0. The van der Waals surface area contributed by atoms with Crippen LogP contribution < -0.4 is 0 Å². The summed E-state index contributed by atoms with van der Waals surface area (Å²) in [6.07, 6.45) is 7.07. The van der Waals surface area contributed by atoms with Crippen molar-refractivity contribution in [2.45, 2.75) is 0 Å². The van der Waals surface area contributed by atoms with E-state index in [1.54, 1.807) is 12.2 Å². The van der Waals surface area contributed by atoms with Crippen molar-refractivity contribution in [3.05, 3.63) is 37.5 Å². The van der Waals surface area contributed by atoms with Crippen LogP contribution in [0.25, 0.3) is 0 Å². The van der Waals surface area contributed by atoms with Gasteiger partial charge in [0.05, 0.1) is 0 Å². The number of halogens is 1. The average Bonchev–Trinajstić information content (AvgIpc) is 1.61. The Morgan fingerprint density at radius 2 is 1.14 bits per heavy atom. The third-order valence-corrected chi connectivity index (χ3v) is 0.383. The van der Waals surface area contributed by atoms with E-state index < -0.39 is 0 Å². The van der Waals surface area contributed by atoms with E-state index in [0.29, 0.717) is 0 Å². The quantitative estimate of drug-likeness (QED) is 0.545. The topological polar surface area (TPSA) is 0 Å². The van der Waals surface area contributed by atoms with Crippen LogP contribution in [0.2, 0.25) is 0 Å². The maximum absolute atomic E-state index is 3.46. The van der Waals surface area contributed by atoms with Crippen molar-refractivity contribution in [3.8, 4) is 0 Å². The van der Waals surface area contributed by atoms with Gasteiger partial charge in [0.1, 0.15) is 0 Å². The molecule has 0 spiro atoms. The molecule has 7 heavy (non-hydrogen) atoms. The minimum absolute atomic E-state index is 0. The molecular weight excluding hydrogens is 152 g/mol. The number of rotatable bonds is 2. The SMILES string of the molecule is Br.C=C/C=C\C=C. The molecule has 0 radical (unpaired) electrons. The average molecular weight is 161 g/mol. The zero-order valence-electron chi connectivity index (χ0n) is 4.13. The minimum Gasteiger partial charge on any atom is -0.114 e. The fraction of sp³-hybridized carbons (Fsp3) is 0. The normalized spacial score (nSPS) is 7.43. The van der Waals surface area contributed by atoms with E-state index in [0.717, 1.165) is 0 Å². The first-order valence-corrected chi connectivity index (χ1v) is 1.82. The zero-order valence-corrected chi connectivity index (χ0v) is 5.84. The van der Waals surface area contributed by atoms with E-state index in [2.05, 4.69) is 13.2 Å². The lowest BCUT2D eigenvalue weighted by molar-refractivity contribution is 1.98. The summed E-state index contributed by atoms with van der Waals surface area (Å²) in [7, 11) is 0. The van der Waals surface area contributed by atoms with Crippen molar-refractivity contribution in [1.82, 2.24) is 0 Å². The van der Waals surface area contributed by atoms with Crippen molar-refractivity contribution in [1.29, 1.82) is 0 Å². The number of allylic oxidation sites excluding steroid dienone is 4. The van der Waals surface area contributed by atoms with Crippen LogP contribution in [0.15, 0.2) is 37.5 Å². The first kappa shape index (κ1) is 9.85. The van der Waals surface area contributed by atoms with Gasteiger partial charge in [0.25, 0.3) is 0 Å². The van der Waals surface area contributed by atoms with E-state index in [1.807, 2.05) is 12.2 Å². The van der Waals surface area contributed by atoms with E-state index >= 15 is 0 Å². The summed E-state index contributed by atoms with van der Waals surface area (Å²) in [6.45, 7) is 6.93. The third-order valence-electron chi connectivity index (χ3n) is 0.383. The number of hydrogen-bond donors (Lipinski definition) is 0. The van der Waals surface area contributed by atoms with Crippen LogP contribution in [-0.4, -0.2) is 0 Å². The van der Waals surface area contributed by atoms with E-state index in [9.17, 15) is 0 Å². The highest BCUT2D eigenvalue weighted by Gasteiger charge is 1.47. The molecule has 0 rings (SSSR count). The summed E-state index contributed by atoms with van der Waals surface area (Å²) in [5.41, 5.74) is 0. The standard InChI is InChI=1S/C6H8.BrH/c1-3-5-6-4-2;/h3-6H,1-2H2;1H/b6-5-;. The first-order chi connectivity index (χ1) is 2.91. The molecule has 0 N–H and O–H groups in total. The molecular formula is C6H9Br. The molecule has 0 aliphatic carbocycles. The van der Waals surface area contributed by atoms with Crippen LogP contribution in [0, 0.1) is 0 Å². The van der Waals surface area contributed by atoms with Gasteiger partial charge in [0, 0.05) is 0 Å². The Hall–Kier alpha value is -0.300. The fourth-order valence-electron chi connectivity index (χ4n) is 0.157. The Morgan fingerprint density at radius 1 is 0.857 bits per heavy atom. The maximum Gasteiger partial charge on any atom is -0.0629 e. The lowest BCUT2D eigenvalue weighted by atomic mass is 10.5. The molecule has 0 heterocycles. The van der Waals surface area contributed by atoms with Gasteiger partial charge in [-0.15, -0.1) is 17.0 Å². The second-order valence-corrected chi connectivity index (χ2v) is 0.856. The van der Waals surface area contributed by atoms with Crippen LogP contribution in [0.1, 0.15) is 0 Å². The van der Waals surface area contributed by atoms with Gasteiger partial charge < -0.3 is 0 Å². The van der Waals surface area contributed by atoms with Crippen molar-refractivity contribution in [3.63, 3.8) is 0 Å². The third kappa shape index (κ3) is 10.7. The van der Waals surface area contributed by atoms with E-state index in [4.69, 9.17) is 0 Å². The van der Waals surface area contributed by atoms with Gasteiger partial charge in [-0.25, -0.2) is 0 Å². The molecule has 0 nitrogen and oxygen atoms in total. The Bertz CT molecular complexity index is 62.2. The largest absolute Gasteiger partial charge is 0.114 e. The predicted molar refractivity (Wildman–Crippen MR) is 39.9 cm³/mol. The lowest BCUT2D eigenvalue weighted by Gasteiger charge is -1.60. The molecule has 0 aromatic rings. The molecule has 40 valence electrons. The van der Waals surface area contributed by atoms with Gasteiger partial charge >= 0.3 is 0 Å². The maximum atomic E-state index is 3.46. The molecule has 0 amide bonds. The molecule has 0 saturated carbocycles. The molecule has 0 aromatic carbocycles. The molecule has 0 unspecified atom stereocenters. The van der Waals surface area contributed by atoms with Crippen molar-refractivity contribution >= 4 is 17.0 Å². The summed E-state index contributed by atoms with van der Waals surface area (Å²) in [4.78, 5) is 0. The highest BCUT2D eigenvalue weighted by atomic mass is 79.9. The Kier molecular flexibility index (Phi) is 12.9. The second kappa shape index (κ2) is 9.20. The number of hydrogen-bond acceptors (Lipinski definition) is 0. The van der Waals surface area contributed by atoms with Crippen LogP contribution in [0.5, 0.6) is 0 Å². The molecule has 1 heteroatoms. The molecule has 0 atom stereocenters. The van der Waals surface area contributed by atoms with Crippen LogP contribution in [-0.2, 0) is 0 Å². The van der Waals surface area contributed by atoms with Gasteiger partial charge in [-0.1, -0.05) is 37.5 Å². The molecule has 0 aromatic heterocycles. The molecule has 0 aliphatic rings. The zero-order chi connectivity index (χ0) is 4.83. The van der Waals surface area contributed by atoms with Crippen molar-refractivity contribution in [2.24, 2.45) is 0 Å². The summed E-state index contributed by atoms with van der Waals surface area (Å²) < 4.78 is 0. The van der Waals surface area contributed by atoms with Gasteiger partial charge in [-0.3, -0.25) is 0 Å². The van der Waals surface area contributed by atoms with Crippen LogP contribution in [0.4, 0.5) is 0 Å². The Labute approximate surface area is 55.0 Å². The molecule has 0 saturated heterocycles. The molecule has 0 bridgehead atoms. The highest BCUT2D eigenvalue weighted by Crippen LogP contribution is 1.69.